The molecule has 0 amide bonds. The Balaban J connectivity index is 1.57. The van der Waals surface area contributed by atoms with Gasteiger partial charge < -0.3 is 10.2 Å². The Kier molecular flexibility index (Phi) is 4.11. The van der Waals surface area contributed by atoms with Crippen molar-refractivity contribution in [2.24, 2.45) is 5.92 Å². The lowest BCUT2D eigenvalue weighted by atomic mass is 9.99. The van der Waals surface area contributed by atoms with Gasteiger partial charge in [-0.1, -0.05) is 25.1 Å². The lowest BCUT2D eigenvalue weighted by molar-refractivity contribution is 0.199. The number of hydrogen-bond donors (Lipinski definition) is 1. The van der Waals surface area contributed by atoms with Crippen LogP contribution in [0.4, 0.5) is 5.69 Å². The first-order valence-corrected chi connectivity index (χ1v) is 7.49. The van der Waals surface area contributed by atoms with Crippen molar-refractivity contribution in [3.8, 4) is 0 Å². The molecule has 4 nitrogen and oxygen atoms in total. The number of anilines is 1. The molecule has 0 bridgehead atoms. The van der Waals surface area contributed by atoms with Crippen LogP contribution in [0.15, 0.2) is 30.5 Å². The maximum atomic E-state index is 4.15. The Morgan fingerprint density at radius 1 is 1.25 bits per heavy atom. The van der Waals surface area contributed by atoms with Crippen molar-refractivity contribution >= 4 is 16.6 Å². The molecule has 1 aliphatic rings. The monoisotopic (exact) mass is 270 g/mol. The van der Waals surface area contributed by atoms with E-state index >= 15 is 0 Å². The smallest absolute Gasteiger partial charge is 0.0950 e. The zero-order valence-corrected chi connectivity index (χ0v) is 12.0. The van der Waals surface area contributed by atoms with Crippen LogP contribution in [-0.4, -0.2) is 41.3 Å². The van der Waals surface area contributed by atoms with E-state index in [0.717, 1.165) is 35.6 Å². The summed E-state index contributed by atoms with van der Waals surface area (Å²) < 4.78 is 0. The number of rotatable bonds is 4. The molecule has 3 rings (SSSR count). The quantitative estimate of drug-likeness (QED) is 0.927. The van der Waals surface area contributed by atoms with Gasteiger partial charge in [-0.2, -0.15) is 10.2 Å². The number of hydrogen-bond acceptors (Lipinski definition) is 4. The van der Waals surface area contributed by atoms with Gasteiger partial charge in [0.15, 0.2) is 0 Å². The molecule has 1 saturated heterocycles. The number of piperidine rings is 1. The molecule has 0 saturated carbocycles. The second-order valence-electron chi connectivity index (χ2n) is 5.73. The standard InChI is InChI=1S/C16H22N4/c1-13-6-9-20(10-7-13)11-8-17-16-12-18-19-15-5-3-2-4-14(15)16/h2-5,12-13H,6-11H2,1H3,(H,17,19). The van der Waals surface area contributed by atoms with E-state index in [1.165, 1.54) is 25.9 Å². The fourth-order valence-corrected chi connectivity index (χ4v) is 2.78. The van der Waals surface area contributed by atoms with Gasteiger partial charge in [0.25, 0.3) is 0 Å². The first-order chi connectivity index (χ1) is 9.83. The highest BCUT2D eigenvalue weighted by Gasteiger charge is 2.14. The molecule has 1 aromatic heterocycles. The van der Waals surface area contributed by atoms with Crippen LogP contribution in [0.25, 0.3) is 10.9 Å². The first-order valence-electron chi connectivity index (χ1n) is 7.49. The van der Waals surface area contributed by atoms with Crippen LogP contribution in [0.1, 0.15) is 19.8 Å². The number of nitrogens with zero attached hydrogens (tertiary/aromatic N) is 3. The Hall–Kier alpha value is -1.68. The van der Waals surface area contributed by atoms with Crippen molar-refractivity contribution < 1.29 is 0 Å². The molecule has 2 aromatic rings. The van der Waals surface area contributed by atoms with Crippen LogP contribution in [0.3, 0.4) is 0 Å². The number of aromatic nitrogens is 2. The molecule has 1 fully saturated rings. The maximum Gasteiger partial charge on any atom is 0.0950 e. The molecular weight excluding hydrogens is 248 g/mol. The molecule has 0 spiro atoms. The maximum absolute atomic E-state index is 4.15. The average Bonchev–Trinajstić information content (AvgIpc) is 2.49. The summed E-state index contributed by atoms with van der Waals surface area (Å²) in [7, 11) is 0. The van der Waals surface area contributed by atoms with Crippen LogP contribution in [0.2, 0.25) is 0 Å². The molecule has 4 heteroatoms. The molecule has 0 atom stereocenters. The highest BCUT2D eigenvalue weighted by molar-refractivity contribution is 5.90. The minimum absolute atomic E-state index is 0.896. The van der Waals surface area contributed by atoms with Gasteiger partial charge in [-0.15, -0.1) is 0 Å². The number of likely N-dealkylation sites (tertiary alicyclic amines) is 1. The van der Waals surface area contributed by atoms with E-state index in [4.69, 9.17) is 0 Å². The predicted octanol–water partition coefficient (Wildman–Crippen LogP) is 2.77. The van der Waals surface area contributed by atoms with Crippen molar-refractivity contribution in [3.05, 3.63) is 30.5 Å². The van der Waals surface area contributed by atoms with E-state index in [-0.39, 0.29) is 0 Å². The van der Waals surface area contributed by atoms with Gasteiger partial charge >= 0.3 is 0 Å². The fourth-order valence-electron chi connectivity index (χ4n) is 2.78. The topological polar surface area (TPSA) is 41.0 Å². The molecule has 1 N–H and O–H groups in total. The van der Waals surface area contributed by atoms with Crippen LogP contribution in [0, 0.1) is 5.92 Å². The normalized spacial score (nSPS) is 17.4. The summed E-state index contributed by atoms with van der Waals surface area (Å²) in [6.07, 6.45) is 4.49. The first kappa shape index (κ1) is 13.3. The van der Waals surface area contributed by atoms with Gasteiger partial charge in [0, 0.05) is 18.5 Å². The van der Waals surface area contributed by atoms with Gasteiger partial charge in [0.2, 0.25) is 0 Å². The van der Waals surface area contributed by atoms with Gasteiger partial charge in [0.1, 0.15) is 0 Å². The number of benzene rings is 1. The molecule has 0 unspecified atom stereocenters. The van der Waals surface area contributed by atoms with Gasteiger partial charge in [-0.25, -0.2) is 0 Å². The highest BCUT2D eigenvalue weighted by atomic mass is 15.1. The van der Waals surface area contributed by atoms with Gasteiger partial charge in [0.05, 0.1) is 17.4 Å². The summed E-state index contributed by atoms with van der Waals surface area (Å²) in [5, 5.41) is 12.9. The van der Waals surface area contributed by atoms with Crippen LogP contribution < -0.4 is 5.32 Å². The zero-order chi connectivity index (χ0) is 13.8. The number of fused-ring (bicyclic) bond motifs is 1. The lowest BCUT2D eigenvalue weighted by Gasteiger charge is -2.30. The van der Waals surface area contributed by atoms with Crippen LogP contribution >= 0.6 is 0 Å². The van der Waals surface area contributed by atoms with Crippen molar-refractivity contribution in [3.63, 3.8) is 0 Å². The lowest BCUT2D eigenvalue weighted by Crippen LogP contribution is -2.36. The van der Waals surface area contributed by atoms with E-state index in [1.807, 2.05) is 24.4 Å². The summed E-state index contributed by atoms with van der Waals surface area (Å²) in [4.78, 5) is 2.55. The van der Waals surface area contributed by atoms with E-state index in [2.05, 4.69) is 33.4 Å². The summed E-state index contributed by atoms with van der Waals surface area (Å²) in [5.74, 6) is 0.896. The third-order valence-corrected chi connectivity index (χ3v) is 4.17. The van der Waals surface area contributed by atoms with Gasteiger partial charge in [-0.05, 0) is 37.9 Å². The average molecular weight is 270 g/mol. The Morgan fingerprint density at radius 2 is 2.05 bits per heavy atom. The molecular formula is C16H22N4. The largest absolute Gasteiger partial charge is 0.382 e. The SMILES string of the molecule is CC1CCN(CCNc2cnnc3ccccc23)CC1. The molecule has 106 valence electrons. The molecule has 1 aliphatic heterocycles. The Bertz CT molecular complexity index is 556. The molecule has 2 heterocycles. The minimum Gasteiger partial charge on any atom is -0.382 e. The molecule has 0 aliphatic carbocycles. The summed E-state index contributed by atoms with van der Waals surface area (Å²) in [6.45, 7) is 6.88. The highest BCUT2D eigenvalue weighted by Crippen LogP contribution is 2.20. The van der Waals surface area contributed by atoms with Crippen molar-refractivity contribution in [1.29, 1.82) is 0 Å². The second-order valence-corrected chi connectivity index (χ2v) is 5.73. The number of nitrogens with one attached hydrogen (secondary N) is 1. The van der Waals surface area contributed by atoms with Gasteiger partial charge in [-0.3, -0.25) is 0 Å². The van der Waals surface area contributed by atoms with Crippen LogP contribution in [0.5, 0.6) is 0 Å². The van der Waals surface area contributed by atoms with Crippen molar-refractivity contribution in [2.75, 3.05) is 31.5 Å². The van der Waals surface area contributed by atoms with E-state index in [9.17, 15) is 0 Å². The molecule has 20 heavy (non-hydrogen) atoms. The fraction of sp³-hybridized carbons (Fsp3) is 0.500. The Labute approximate surface area is 120 Å². The van der Waals surface area contributed by atoms with Crippen molar-refractivity contribution in [1.82, 2.24) is 15.1 Å². The van der Waals surface area contributed by atoms with E-state index in [1.54, 1.807) is 0 Å². The Morgan fingerprint density at radius 3 is 2.90 bits per heavy atom. The summed E-state index contributed by atoms with van der Waals surface area (Å²) >= 11 is 0. The minimum atomic E-state index is 0.896. The van der Waals surface area contributed by atoms with Crippen LogP contribution in [-0.2, 0) is 0 Å². The van der Waals surface area contributed by atoms with E-state index < -0.39 is 0 Å². The summed E-state index contributed by atoms with van der Waals surface area (Å²) in [6, 6.07) is 8.13. The zero-order valence-electron chi connectivity index (χ0n) is 12.0. The second kappa shape index (κ2) is 6.18. The third kappa shape index (κ3) is 3.07. The molecule has 1 aromatic carbocycles. The molecule has 0 radical (unpaired) electrons. The van der Waals surface area contributed by atoms with Crippen molar-refractivity contribution in [2.45, 2.75) is 19.8 Å². The third-order valence-electron chi connectivity index (χ3n) is 4.17. The summed E-state index contributed by atoms with van der Waals surface area (Å²) in [5.41, 5.74) is 2.03. The van der Waals surface area contributed by atoms with E-state index in [0.29, 0.717) is 0 Å². The predicted molar refractivity (Wildman–Crippen MR) is 82.9 cm³/mol.